The summed E-state index contributed by atoms with van der Waals surface area (Å²) in [6, 6.07) is 0. The lowest BCUT2D eigenvalue weighted by Gasteiger charge is -2.30. The highest BCUT2D eigenvalue weighted by Gasteiger charge is 2.29. The van der Waals surface area contributed by atoms with E-state index in [2.05, 4.69) is 50.3 Å². The van der Waals surface area contributed by atoms with Crippen LogP contribution in [0.5, 0.6) is 0 Å². The van der Waals surface area contributed by atoms with Crippen LogP contribution in [0.25, 0.3) is 0 Å². The largest absolute Gasteiger partial charge is 0.352 e. The third-order valence-electron chi connectivity index (χ3n) is 7.15. The zero-order chi connectivity index (χ0) is 26.4. The molecule has 36 heavy (non-hydrogen) atoms. The minimum Gasteiger partial charge on any atom is -0.352 e. The monoisotopic (exact) mass is 505 g/mol. The van der Waals surface area contributed by atoms with Crippen molar-refractivity contribution in [3.05, 3.63) is 36.5 Å². The molecule has 0 amide bonds. The van der Waals surface area contributed by atoms with Crippen molar-refractivity contribution in [3.63, 3.8) is 0 Å². The van der Waals surface area contributed by atoms with Crippen LogP contribution in [0.3, 0.4) is 0 Å². The first-order chi connectivity index (χ1) is 17.7. The molecule has 0 aliphatic rings. The van der Waals surface area contributed by atoms with Crippen LogP contribution < -0.4 is 5.90 Å². The van der Waals surface area contributed by atoms with Gasteiger partial charge < -0.3 is 4.74 Å². The van der Waals surface area contributed by atoms with E-state index in [0.717, 1.165) is 32.1 Å². The number of unbranched alkanes of at least 4 members (excludes halogenated alkanes) is 16. The summed E-state index contributed by atoms with van der Waals surface area (Å²) in [7, 11) is 1.74. The Balaban J connectivity index is 3.67. The summed E-state index contributed by atoms with van der Waals surface area (Å²) in [6.07, 6.45) is 42.3. The van der Waals surface area contributed by atoms with E-state index in [1.807, 2.05) is 0 Å². The molecule has 212 valence electrons. The van der Waals surface area contributed by atoms with Gasteiger partial charge in [0.2, 0.25) is 0 Å². The van der Waals surface area contributed by atoms with Crippen LogP contribution in [0, 0.1) is 0 Å². The van der Waals surface area contributed by atoms with Crippen molar-refractivity contribution in [1.82, 2.24) is 0 Å². The van der Waals surface area contributed by atoms with Crippen molar-refractivity contribution in [3.8, 4) is 0 Å². The molecule has 3 nitrogen and oxygen atoms in total. The second-order valence-corrected chi connectivity index (χ2v) is 10.5. The summed E-state index contributed by atoms with van der Waals surface area (Å²) in [6.45, 7) is 4.49. The van der Waals surface area contributed by atoms with Gasteiger partial charge in [0, 0.05) is 20.0 Å². The first-order valence-corrected chi connectivity index (χ1v) is 15.6. The zero-order valence-electron chi connectivity index (χ0n) is 24.6. The van der Waals surface area contributed by atoms with Crippen LogP contribution in [-0.2, 0) is 9.57 Å². The lowest BCUT2D eigenvalue weighted by molar-refractivity contribution is -0.235. The Hall–Kier alpha value is -0.900. The predicted octanol–water partition coefficient (Wildman–Crippen LogP) is 10.9. The minimum atomic E-state index is -0.584. The summed E-state index contributed by atoms with van der Waals surface area (Å²) >= 11 is 0. The molecule has 0 saturated carbocycles. The van der Waals surface area contributed by atoms with Gasteiger partial charge in [-0.1, -0.05) is 121 Å². The lowest BCUT2D eigenvalue weighted by atomic mass is 9.98. The van der Waals surface area contributed by atoms with Gasteiger partial charge in [-0.15, -0.1) is 0 Å². The highest BCUT2D eigenvalue weighted by molar-refractivity contribution is 4.92. The molecule has 1 atom stereocenters. The Bertz CT molecular complexity index is 508. The summed E-state index contributed by atoms with van der Waals surface area (Å²) in [5.74, 6) is 5.09. The highest BCUT2D eigenvalue weighted by Crippen LogP contribution is 2.26. The van der Waals surface area contributed by atoms with Crippen LogP contribution in [0.15, 0.2) is 36.5 Å². The highest BCUT2D eigenvalue weighted by atomic mass is 16.8. The molecule has 0 fully saturated rings. The van der Waals surface area contributed by atoms with E-state index in [1.165, 1.54) is 116 Å². The molecule has 3 heteroatoms. The molecule has 0 aliphatic carbocycles. The van der Waals surface area contributed by atoms with Gasteiger partial charge in [0.05, 0.1) is 0 Å². The van der Waals surface area contributed by atoms with Gasteiger partial charge in [-0.25, -0.2) is 5.90 Å². The van der Waals surface area contributed by atoms with Gasteiger partial charge in [0.15, 0.2) is 5.79 Å². The molecule has 0 bridgehead atoms. The van der Waals surface area contributed by atoms with E-state index in [0.29, 0.717) is 0 Å². The molecule has 0 heterocycles. The molecule has 0 aromatic heterocycles. The van der Waals surface area contributed by atoms with Crippen molar-refractivity contribution in [2.75, 3.05) is 7.11 Å². The van der Waals surface area contributed by atoms with E-state index in [1.54, 1.807) is 7.11 Å². The molecule has 0 aromatic rings. The van der Waals surface area contributed by atoms with Gasteiger partial charge in [0.25, 0.3) is 0 Å². The van der Waals surface area contributed by atoms with E-state index < -0.39 is 5.79 Å². The van der Waals surface area contributed by atoms with Crippen LogP contribution >= 0.6 is 0 Å². The van der Waals surface area contributed by atoms with Gasteiger partial charge >= 0.3 is 0 Å². The molecule has 1 unspecified atom stereocenters. The number of hydrogen-bond acceptors (Lipinski definition) is 3. The number of rotatable bonds is 28. The van der Waals surface area contributed by atoms with E-state index in [9.17, 15) is 0 Å². The summed E-state index contributed by atoms with van der Waals surface area (Å²) < 4.78 is 5.74. The molecule has 0 aromatic carbocycles. The van der Waals surface area contributed by atoms with E-state index in [-0.39, 0.29) is 0 Å². The minimum absolute atomic E-state index is 0.584. The normalized spacial score (nSPS) is 14.0. The van der Waals surface area contributed by atoms with Crippen LogP contribution in [0.4, 0.5) is 0 Å². The number of ether oxygens (including phenoxy) is 1. The van der Waals surface area contributed by atoms with E-state index in [4.69, 9.17) is 15.5 Å². The average molecular weight is 506 g/mol. The van der Waals surface area contributed by atoms with Crippen molar-refractivity contribution >= 4 is 0 Å². The Morgan fingerprint density at radius 2 is 0.917 bits per heavy atom. The van der Waals surface area contributed by atoms with Crippen LogP contribution in [0.2, 0.25) is 0 Å². The van der Waals surface area contributed by atoms with Gasteiger partial charge in [-0.3, -0.25) is 4.84 Å². The van der Waals surface area contributed by atoms with Crippen LogP contribution in [0.1, 0.15) is 162 Å². The first kappa shape index (κ1) is 35.1. The van der Waals surface area contributed by atoms with Crippen molar-refractivity contribution in [2.45, 2.75) is 167 Å². The molecule has 2 N–H and O–H groups in total. The molecule has 0 spiro atoms. The average Bonchev–Trinajstić information content (AvgIpc) is 2.90. The van der Waals surface area contributed by atoms with E-state index >= 15 is 0 Å². The van der Waals surface area contributed by atoms with Crippen molar-refractivity contribution in [1.29, 1.82) is 0 Å². The predicted molar refractivity (Wildman–Crippen MR) is 160 cm³/mol. The summed E-state index contributed by atoms with van der Waals surface area (Å²) in [5.41, 5.74) is 0. The maximum absolute atomic E-state index is 5.74. The topological polar surface area (TPSA) is 44.5 Å². The molecular formula is C33H63NO2. The number of methoxy groups -OCH3 is 1. The number of nitrogens with two attached hydrogens (primary N) is 1. The number of hydrogen-bond donors (Lipinski definition) is 1. The Kier molecular flexibility index (Phi) is 28.0. The third kappa shape index (κ3) is 23.5. The van der Waals surface area contributed by atoms with Crippen molar-refractivity contribution < 1.29 is 9.57 Å². The van der Waals surface area contributed by atoms with Gasteiger partial charge in [0.1, 0.15) is 0 Å². The Morgan fingerprint density at radius 3 is 1.36 bits per heavy atom. The summed E-state index contributed by atoms with van der Waals surface area (Å²) in [5, 5.41) is 0. The standard InChI is InChI=1S/C33H63NO2/c1-4-6-8-10-12-14-16-17-18-19-20-22-24-26-28-30-32-33(35-3,36-34)31-29-27-25-23-21-15-13-11-9-7-5-2/h9,11-12,14,17-18H,4-8,10,13,15-16,19-32,34H2,1-3H3/b11-9-,14-12-,18-17-. The lowest BCUT2D eigenvalue weighted by Crippen LogP contribution is -2.37. The molecular weight excluding hydrogens is 442 g/mol. The van der Waals surface area contributed by atoms with Gasteiger partial charge in [-0.05, 0) is 64.2 Å². The smallest absolute Gasteiger partial charge is 0.186 e. The molecule has 0 aliphatic heterocycles. The molecule has 0 rings (SSSR count). The SMILES string of the molecule is CCC/C=C\CCCCCCCCC(CCCCCCCC/C=C\C/C=C\CCCCC)(OC)ON. The second kappa shape index (κ2) is 28.7. The van der Waals surface area contributed by atoms with Crippen molar-refractivity contribution in [2.24, 2.45) is 5.90 Å². The van der Waals surface area contributed by atoms with Crippen LogP contribution in [-0.4, -0.2) is 12.9 Å². The maximum Gasteiger partial charge on any atom is 0.186 e. The maximum atomic E-state index is 5.74. The quantitative estimate of drug-likeness (QED) is 0.0497. The number of allylic oxidation sites excluding steroid dienone is 6. The fourth-order valence-corrected chi connectivity index (χ4v) is 4.64. The Labute approximate surface area is 226 Å². The molecule has 0 saturated heterocycles. The summed E-state index contributed by atoms with van der Waals surface area (Å²) in [4.78, 5) is 5.36. The zero-order valence-corrected chi connectivity index (χ0v) is 24.6. The first-order valence-electron chi connectivity index (χ1n) is 15.6. The van der Waals surface area contributed by atoms with Gasteiger partial charge in [-0.2, -0.15) is 0 Å². The fourth-order valence-electron chi connectivity index (χ4n) is 4.64. The second-order valence-electron chi connectivity index (χ2n) is 10.5. The fraction of sp³-hybridized carbons (Fsp3) is 0.818. The third-order valence-corrected chi connectivity index (χ3v) is 7.15. The Morgan fingerprint density at radius 1 is 0.500 bits per heavy atom. The molecule has 0 radical (unpaired) electrons.